The largest absolute Gasteiger partial charge is 0.353 e. The Bertz CT molecular complexity index is 968. The van der Waals surface area contributed by atoms with Gasteiger partial charge in [-0.3, -0.25) is 4.99 Å². The summed E-state index contributed by atoms with van der Waals surface area (Å²) in [6.07, 6.45) is 1.13. The van der Waals surface area contributed by atoms with Crippen molar-refractivity contribution in [2.45, 2.75) is 37.4 Å². The van der Waals surface area contributed by atoms with Gasteiger partial charge in [-0.05, 0) is 47.7 Å². The van der Waals surface area contributed by atoms with Crippen LogP contribution in [-0.2, 0) is 23.1 Å². The van der Waals surface area contributed by atoms with Gasteiger partial charge in [-0.15, -0.1) is 24.0 Å². The summed E-state index contributed by atoms with van der Waals surface area (Å²) in [7, 11) is -1.99. The molecule has 2 atom stereocenters. The highest BCUT2D eigenvalue weighted by atomic mass is 127. The molecule has 29 heavy (non-hydrogen) atoms. The number of rotatable bonds is 7. The molecular formula is C20H26FIN4O2S. The van der Waals surface area contributed by atoms with Crippen LogP contribution in [0.5, 0.6) is 0 Å². The molecule has 0 aromatic heterocycles. The van der Waals surface area contributed by atoms with Gasteiger partial charge in [-0.25, -0.2) is 17.5 Å². The number of hydrogen-bond acceptors (Lipinski definition) is 3. The summed E-state index contributed by atoms with van der Waals surface area (Å²) in [6, 6.07) is 13.0. The molecule has 2 aromatic carbocycles. The Morgan fingerprint density at radius 1 is 1.14 bits per heavy atom. The molecule has 3 N–H and O–H groups in total. The minimum absolute atomic E-state index is 0. The Morgan fingerprint density at radius 2 is 1.79 bits per heavy atom. The molecule has 158 valence electrons. The molecule has 1 saturated carbocycles. The zero-order valence-corrected chi connectivity index (χ0v) is 19.5. The van der Waals surface area contributed by atoms with Crippen LogP contribution in [0.3, 0.4) is 0 Å². The number of nitrogens with zero attached hydrogens (tertiary/aromatic N) is 1. The average Bonchev–Trinajstić information content (AvgIpc) is 3.38. The van der Waals surface area contributed by atoms with E-state index in [0.29, 0.717) is 30.0 Å². The molecule has 1 aliphatic rings. The molecule has 0 bridgehead atoms. The summed E-state index contributed by atoms with van der Waals surface area (Å²) in [6.45, 7) is 2.66. The maximum absolute atomic E-state index is 13.2. The summed E-state index contributed by atoms with van der Waals surface area (Å²) >= 11 is 0. The molecule has 1 aliphatic carbocycles. The lowest BCUT2D eigenvalue weighted by atomic mass is 10.2. The van der Waals surface area contributed by atoms with Crippen LogP contribution in [0.15, 0.2) is 58.4 Å². The number of sulfonamides is 1. The Balaban J connectivity index is 0.00000300. The Hall–Kier alpha value is -1.72. The second kappa shape index (κ2) is 10.4. The normalized spacial score (nSPS) is 18.7. The maximum Gasteiger partial charge on any atom is 0.240 e. The molecule has 2 aromatic rings. The Labute approximate surface area is 188 Å². The number of benzene rings is 2. The van der Waals surface area contributed by atoms with Crippen molar-refractivity contribution in [2.75, 3.05) is 7.05 Å². The van der Waals surface area contributed by atoms with E-state index in [1.54, 1.807) is 31.3 Å². The first kappa shape index (κ1) is 23.6. The van der Waals surface area contributed by atoms with Crippen molar-refractivity contribution < 1.29 is 12.8 Å². The van der Waals surface area contributed by atoms with Crippen LogP contribution >= 0.6 is 24.0 Å². The van der Waals surface area contributed by atoms with Crippen molar-refractivity contribution in [2.24, 2.45) is 10.9 Å². The van der Waals surface area contributed by atoms with Gasteiger partial charge in [0.1, 0.15) is 5.82 Å². The van der Waals surface area contributed by atoms with Gasteiger partial charge in [0.05, 0.1) is 4.90 Å². The minimum Gasteiger partial charge on any atom is -0.353 e. The van der Waals surface area contributed by atoms with Gasteiger partial charge >= 0.3 is 0 Å². The fourth-order valence-electron chi connectivity index (χ4n) is 2.81. The van der Waals surface area contributed by atoms with Crippen LogP contribution in [-0.4, -0.2) is 27.5 Å². The molecule has 0 aliphatic heterocycles. The van der Waals surface area contributed by atoms with E-state index in [1.807, 2.05) is 6.07 Å². The van der Waals surface area contributed by atoms with Gasteiger partial charge in [-0.1, -0.05) is 31.2 Å². The highest BCUT2D eigenvalue weighted by Gasteiger charge is 2.33. The van der Waals surface area contributed by atoms with Crippen LogP contribution in [0.4, 0.5) is 4.39 Å². The van der Waals surface area contributed by atoms with Gasteiger partial charge in [0.2, 0.25) is 10.0 Å². The van der Waals surface area contributed by atoms with E-state index < -0.39 is 15.8 Å². The minimum atomic E-state index is -3.70. The number of halogens is 2. The molecule has 6 nitrogen and oxygen atoms in total. The molecule has 0 heterocycles. The molecular weight excluding hydrogens is 506 g/mol. The van der Waals surface area contributed by atoms with Crippen LogP contribution in [0.25, 0.3) is 0 Å². The van der Waals surface area contributed by atoms with E-state index >= 15 is 0 Å². The van der Waals surface area contributed by atoms with Crippen LogP contribution in [0.2, 0.25) is 0 Å². The Kier molecular flexibility index (Phi) is 8.41. The van der Waals surface area contributed by atoms with Gasteiger partial charge in [0, 0.05) is 26.2 Å². The third kappa shape index (κ3) is 6.93. The average molecular weight is 532 g/mol. The molecule has 2 unspecified atom stereocenters. The van der Waals surface area contributed by atoms with E-state index in [2.05, 4.69) is 27.3 Å². The summed E-state index contributed by atoms with van der Waals surface area (Å²) in [5.74, 6) is 0.954. The lowest BCUT2D eigenvalue weighted by molar-refractivity contribution is 0.580. The fourth-order valence-corrected chi connectivity index (χ4v) is 3.90. The smallest absolute Gasteiger partial charge is 0.240 e. The van der Waals surface area contributed by atoms with Crippen molar-refractivity contribution in [3.05, 3.63) is 65.5 Å². The van der Waals surface area contributed by atoms with E-state index in [9.17, 15) is 12.8 Å². The van der Waals surface area contributed by atoms with Crippen molar-refractivity contribution in [3.63, 3.8) is 0 Å². The first-order chi connectivity index (χ1) is 13.4. The van der Waals surface area contributed by atoms with E-state index in [4.69, 9.17) is 0 Å². The lowest BCUT2D eigenvalue weighted by Gasteiger charge is -2.12. The highest BCUT2D eigenvalue weighted by Crippen LogP contribution is 2.28. The molecule has 0 saturated heterocycles. The molecule has 9 heteroatoms. The van der Waals surface area contributed by atoms with Crippen molar-refractivity contribution in [3.8, 4) is 0 Å². The predicted molar refractivity (Wildman–Crippen MR) is 123 cm³/mol. The number of hydrogen-bond donors (Lipinski definition) is 3. The molecule has 0 amide bonds. The third-order valence-corrected chi connectivity index (χ3v) is 6.08. The first-order valence-corrected chi connectivity index (χ1v) is 10.7. The van der Waals surface area contributed by atoms with E-state index in [0.717, 1.165) is 12.0 Å². The Morgan fingerprint density at radius 3 is 2.41 bits per heavy atom. The number of aliphatic imine (C=N–C) groups is 1. The topological polar surface area (TPSA) is 82.6 Å². The molecule has 0 radical (unpaired) electrons. The van der Waals surface area contributed by atoms with Crippen LogP contribution < -0.4 is 15.4 Å². The summed E-state index contributed by atoms with van der Waals surface area (Å²) in [5.41, 5.74) is 1.38. The molecule has 3 rings (SSSR count). The monoisotopic (exact) mass is 532 g/mol. The summed E-state index contributed by atoms with van der Waals surface area (Å²) < 4.78 is 40.9. The third-order valence-electron chi connectivity index (χ3n) is 4.68. The van der Waals surface area contributed by atoms with Gasteiger partial charge in [-0.2, -0.15) is 0 Å². The van der Waals surface area contributed by atoms with Gasteiger partial charge in [0.25, 0.3) is 0 Å². The van der Waals surface area contributed by atoms with Crippen molar-refractivity contribution in [1.82, 2.24) is 15.4 Å². The number of nitrogens with one attached hydrogen (secondary N) is 3. The predicted octanol–water partition coefficient (Wildman–Crippen LogP) is 3.00. The summed E-state index contributed by atoms with van der Waals surface area (Å²) in [5, 5.41) is 6.53. The zero-order chi connectivity index (χ0) is 20.1. The summed E-state index contributed by atoms with van der Waals surface area (Å²) in [4.78, 5) is 4.36. The van der Waals surface area contributed by atoms with Crippen LogP contribution in [0.1, 0.15) is 24.5 Å². The van der Waals surface area contributed by atoms with Crippen molar-refractivity contribution in [1.29, 1.82) is 0 Å². The van der Waals surface area contributed by atoms with Crippen molar-refractivity contribution >= 4 is 40.0 Å². The molecule has 0 spiro atoms. The maximum atomic E-state index is 13.2. The van der Waals surface area contributed by atoms with E-state index in [1.165, 1.54) is 18.2 Å². The first-order valence-electron chi connectivity index (χ1n) is 9.17. The lowest BCUT2D eigenvalue weighted by Crippen LogP contribution is -2.38. The van der Waals surface area contributed by atoms with E-state index in [-0.39, 0.29) is 35.4 Å². The standard InChI is InChI=1S/C20H25FN4O2S.HI/c1-14-9-19(14)25-20(22-2)23-12-16-6-4-8-18(11-16)28(26,27)24-13-15-5-3-7-17(21)10-15;/h3-8,10-11,14,19,24H,9,12-13H2,1-2H3,(H2,22,23,25);1H. The zero-order valence-electron chi connectivity index (χ0n) is 16.4. The fraction of sp³-hybridized carbons (Fsp3) is 0.350. The highest BCUT2D eigenvalue weighted by molar-refractivity contribution is 14.0. The second-order valence-corrected chi connectivity index (χ2v) is 8.76. The van der Waals surface area contributed by atoms with Crippen LogP contribution in [0, 0.1) is 11.7 Å². The quantitative estimate of drug-likeness (QED) is 0.291. The second-order valence-electron chi connectivity index (χ2n) is 6.99. The molecule has 1 fully saturated rings. The number of guanidine groups is 1. The van der Waals surface area contributed by atoms with Gasteiger partial charge in [0.15, 0.2) is 5.96 Å². The SMILES string of the molecule is CN=C(NCc1cccc(S(=O)(=O)NCc2cccc(F)c2)c1)NC1CC1C.I. The van der Waals surface area contributed by atoms with Gasteiger partial charge < -0.3 is 10.6 Å².